The van der Waals surface area contributed by atoms with E-state index in [-0.39, 0.29) is 11.5 Å². The molecule has 2 N–H and O–H groups in total. The van der Waals surface area contributed by atoms with Gasteiger partial charge in [0.25, 0.3) is 0 Å². The van der Waals surface area contributed by atoms with Crippen molar-refractivity contribution in [3.63, 3.8) is 0 Å². The first-order valence-corrected chi connectivity index (χ1v) is 7.27. The van der Waals surface area contributed by atoms with Crippen LogP contribution < -0.4 is 5.73 Å². The van der Waals surface area contributed by atoms with E-state index in [0.29, 0.717) is 0 Å². The standard InChI is InChI=1S/C16H21NS/c1-4-13-10-11-14(18-13)15(17)16(2,3)12-8-6-5-7-9-12/h5-11,15H,4,17H2,1-3H3. The Kier molecular flexibility index (Phi) is 3.88. The second-order valence-corrected chi connectivity index (χ2v) is 6.42. The molecular formula is C16H21NS. The summed E-state index contributed by atoms with van der Waals surface area (Å²) in [7, 11) is 0. The van der Waals surface area contributed by atoms with Crippen LogP contribution in [0.2, 0.25) is 0 Å². The molecule has 0 radical (unpaired) electrons. The zero-order chi connectivity index (χ0) is 13.2. The largest absolute Gasteiger partial charge is 0.323 e. The van der Waals surface area contributed by atoms with Crippen molar-refractivity contribution >= 4 is 11.3 Å². The first-order valence-electron chi connectivity index (χ1n) is 6.45. The lowest BCUT2D eigenvalue weighted by Gasteiger charge is -2.31. The van der Waals surface area contributed by atoms with Crippen LogP contribution in [0.3, 0.4) is 0 Å². The summed E-state index contributed by atoms with van der Waals surface area (Å²) in [4.78, 5) is 2.69. The third-order valence-corrected chi connectivity index (χ3v) is 4.95. The van der Waals surface area contributed by atoms with E-state index in [1.165, 1.54) is 15.3 Å². The molecule has 0 amide bonds. The highest BCUT2D eigenvalue weighted by Crippen LogP contribution is 2.37. The Hall–Kier alpha value is -1.12. The predicted octanol–water partition coefficient (Wildman–Crippen LogP) is 4.29. The SMILES string of the molecule is CCc1ccc(C(N)C(C)(C)c2ccccc2)s1. The van der Waals surface area contributed by atoms with Gasteiger partial charge >= 0.3 is 0 Å². The van der Waals surface area contributed by atoms with Crippen LogP contribution in [0.1, 0.15) is 42.1 Å². The van der Waals surface area contributed by atoms with Crippen molar-refractivity contribution in [1.82, 2.24) is 0 Å². The third kappa shape index (κ3) is 2.50. The summed E-state index contributed by atoms with van der Waals surface area (Å²) < 4.78 is 0. The fourth-order valence-electron chi connectivity index (χ4n) is 2.15. The minimum absolute atomic E-state index is 0.0445. The molecule has 1 heterocycles. The summed E-state index contributed by atoms with van der Waals surface area (Å²) in [5.74, 6) is 0. The Morgan fingerprint density at radius 2 is 1.78 bits per heavy atom. The van der Waals surface area contributed by atoms with Crippen molar-refractivity contribution in [2.45, 2.75) is 38.6 Å². The van der Waals surface area contributed by atoms with Crippen molar-refractivity contribution in [2.75, 3.05) is 0 Å². The number of benzene rings is 1. The van der Waals surface area contributed by atoms with E-state index < -0.39 is 0 Å². The van der Waals surface area contributed by atoms with Crippen molar-refractivity contribution in [3.8, 4) is 0 Å². The van der Waals surface area contributed by atoms with Crippen LogP contribution >= 0.6 is 11.3 Å². The van der Waals surface area contributed by atoms with E-state index in [9.17, 15) is 0 Å². The van der Waals surface area contributed by atoms with Gasteiger partial charge in [-0.05, 0) is 24.1 Å². The maximum atomic E-state index is 6.48. The molecule has 1 aromatic carbocycles. The normalized spacial score (nSPS) is 13.6. The minimum Gasteiger partial charge on any atom is -0.323 e. The summed E-state index contributed by atoms with van der Waals surface area (Å²) in [6, 6.07) is 14.9. The zero-order valence-electron chi connectivity index (χ0n) is 11.3. The molecule has 2 heteroatoms. The maximum absolute atomic E-state index is 6.48. The molecule has 2 rings (SSSR count). The number of hydrogen-bond acceptors (Lipinski definition) is 2. The molecule has 0 aliphatic carbocycles. The highest BCUT2D eigenvalue weighted by atomic mass is 32.1. The van der Waals surface area contributed by atoms with E-state index in [4.69, 9.17) is 5.73 Å². The molecule has 1 aromatic heterocycles. The van der Waals surface area contributed by atoms with Crippen LogP contribution in [0.25, 0.3) is 0 Å². The summed E-state index contributed by atoms with van der Waals surface area (Å²) >= 11 is 1.84. The van der Waals surface area contributed by atoms with Gasteiger partial charge in [0.1, 0.15) is 0 Å². The smallest absolute Gasteiger partial charge is 0.0482 e. The predicted molar refractivity (Wildman–Crippen MR) is 80.1 cm³/mol. The Labute approximate surface area is 114 Å². The van der Waals surface area contributed by atoms with Gasteiger partial charge in [0.05, 0.1) is 0 Å². The molecule has 0 saturated heterocycles. The molecule has 0 aliphatic heterocycles. The fraction of sp³-hybridized carbons (Fsp3) is 0.375. The van der Waals surface area contributed by atoms with Gasteiger partial charge in [0.15, 0.2) is 0 Å². The van der Waals surface area contributed by atoms with Crippen LogP contribution in [-0.4, -0.2) is 0 Å². The molecule has 18 heavy (non-hydrogen) atoms. The van der Waals surface area contributed by atoms with Crippen molar-refractivity contribution < 1.29 is 0 Å². The first-order chi connectivity index (χ1) is 8.55. The second kappa shape index (κ2) is 5.25. The molecule has 0 bridgehead atoms. The van der Waals surface area contributed by atoms with Gasteiger partial charge < -0.3 is 5.73 Å². The van der Waals surface area contributed by atoms with E-state index in [1.807, 2.05) is 17.4 Å². The average molecular weight is 259 g/mol. The van der Waals surface area contributed by atoms with Crippen LogP contribution in [0.4, 0.5) is 0 Å². The lowest BCUT2D eigenvalue weighted by Crippen LogP contribution is -2.32. The zero-order valence-corrected chi connectivity index (χ0v) is 12.1. The van der Waals surface area contributed by atoms with Gasteiger partial charge in [-0.15, -0.1) is 11.3 Å². The number of aryl methyl sites for hydroxylation is 1. The Balaban J connectivity index is 2.29. The lowest BCUT2D eigenvalue weighted by atomic mass is 9.77. The first kappa shape index (κ1) is 13.3. The van der Waals surface area contributed by atoms with Crippen molar-refractivity contribution in [1.29, 1.82) is 0 Å². The monoisotopic (exact) mass is 259 g/mol. The number of hydrogen-bond donors (Lipinski definition) is 1. The van der Waals surface area contributed by atoms with E-state index in [1.54, 1.807) is 0 Å². The second-order valence-electron chi connectivity index (χ2n) is 5.22. The summed E-state index contributed by atoms with van der Waals surface area (Å²) in [6.45, 7) is 6.63. The van der Waals surface area contributed by atoms with Gasteiger partial charge in [0.2, 0.25) is 0 Å². The topological polar surface area (TPSA) is 26.0 Å². The molecule has 1 atom stereocenters. The van der Waals surface area contributed by atoms with Gasteiger partial charge in [-0.2, -0.15) is 0 Å². The number of thiophene rings is 1. The highest BCUT2D eigenvalue weighted by Gasteiger charge is 2.30. The molecule has 96 valence electrons. The van der Waals surface area contributed by atoms with Gasteiger partial charge in [-0.3, -0.25) is 0 Å². The molecule has 0 aliphatic rings. The van der Waals surface area contributed by atoms with Gasteiger partial charge in [-0.1, -0.05) is 51.1 Å². The Morgan fingerprint density at radius 1 is 1.11 bits per heavy atom. The van der Waals surface area contributed by atoms with Crippen molar-refractivity contribution in [3.05, 3.63) is 57.8 Å². The van der Waals surface area contributed by atoms with Gasteiger partial charge in [0, 0.05) is 21.2 Å². The summed E-state index contributed by atoms with van der Waals surface area (Å²) in [6.07, 6.45) is 1.09. The Bertz CT molecular complexity index is 499. The van der Waals surface area contributed by atoms with Crippen LogP contribution in [-0.2, 0) is 11.8 Å². The van der Waals surface area contributed by atoms with E-state index >= 15 is 0 Å². The average Bonchev–Trinajstić information content (AvgIpc) is 2.87. The number of rotatable bonds is 4. The van der Waals surface area contributed by atoms with Crippen molar-refractivity contribution in [2.24, 2.45) is 5.73 Å². The van der Waals surface area contributed by atoms with Crippen LogP contribution in [0.15, 0.2) is 42.5 Å². The Morgan fingerprint density at radius 3 is 2.33 bits per heavy atom. The molecule has 0 saturated carbocycles. The molecule has 0 spiro atoms. The van der Waals surface area contributed by atoms with Crippen LogP contribution in [0.5, 0.6) is 0 Å². The minimum atomic E-state index is -0.0445. The molecule has 1 nitrogen and oxygen atoms in total. The molecule has 2 aromatic rings. The summed E-state index contributed by atoms with van der Waals surface area (Å²) in [5, 5.41) is 0. The van der Waals surface area contributed by atoms with Crippen LogP contribution in [0, 0.1) is 0 Å². The molecule has 1 unspecified atom stereocenters. The molecular weight excluding hydrogens is 238 g/mol. The fourth-order valence-corrected chi connectivity index (χ4v) is 3.30. The lowest BCUT2D eigenvalue weighted by molar-refractivity contribution is 0.426. The molecule has 0 fully saturated rings. The summed E-state index contributed by atoms with van der Waals surface area (Å²) in [5.41, 5.74) is 7.73. The number of nitrogens with two attached hydrogens (primary N) is 1. The van der Waals surface area contributed by atoms with Gasteiger partial charge in [-0.25, -0.2) is 0 Å². The highest BCUT2D eigenvalue weighted by molar-refractivity contribution is 7.12. The van der Waals surface area contributed by atoms with E-state index in [2.05, 4.69) is 57.2 Å². The third-order valence-electron chi connectivity index (χ3n) is 3.63. The quantitative estimate of drug-likeness (QED) is 0.871. The maximum Gasteiger partial charge on any atom is 0.0482 e. The van der Waals surface area contributed by atoms with E-state index in [0.717, 1.165) is 6.42 Å².